The molecule has 0 fully saturated rings. The second-order valence-electron chi connectivity index (χ2n) is 5.43. The molecule has 19 heavy (non-hydrogen) atoms. The van der Waals surface area contributed by atoms with Crippen molar-refractivity contribution in [1.82, 2.24) is 9.80 Å². The maximum Gasteiger partial charge on any atom is 0.256 e. The number of hydrogen-bond donors (Lipinski definition) is 0. The van der Waals surface area contributed by atoms with Gasteiger partial charge in [-0.15, -0.1) is 0 Å². The standard InChI is InChI=1S/C15H23FN2O/c1-12(2)11-18(10-9-17(3)4)15(19)13-7-5-6-8-14(13)16/h5-8,12H,9-11H2,1-4H3. The summed E-state index contributed by atoms with van der Waals surface area (Å²) in [6.45, 7) is 6.13. The van der Waals surface area contributed by atoms with Crippen molar-refractivity contribution < 1.29 is 9.18 Å². The summed E-state index contributed by atoms with van der Waals surface area (Å²) in [4.78, 5) is 16.1. The first-order valence-electron chi connectivity index (χ1n) is 6.60. The SMILES string of the molecule is CC(C)CN(CCN(C)C)C(=O)c1ccccc1F. The molecule has 0 radical (unpaired) electrons. The smallest absolute Gasteiger partial charge is 0.256 e. The molecule has 4 heteroatoms. The molecule has 0 atom stereocenters. The van der Waals surface area contributed by atoms with Crippen LogP contribution in [0.3, 0.4) is 0 Å². The molecule has 1 amide bonds. The summed E-state index contributed by atoms with van der Waals surface area (Å²) in [5.74, 6) is -0.322. The zero-order valence-electron chi connectivity index (χ0n) is 12.2. The Morgan fingerprint density at radius 2 is 1.84 bits per heavy atom. The Bertz CT molecular complexity index is 418. The van der Waals surface area contributed by atoms with E-state index in [0.29, 0.717) is 19.0 Å². The van der Waals surface area contributed by atoms with Crippen molar-refractivity contribution in [3.63, 3.8) is 0 Å². The van der Waals surface area contributed by atoms with E-state index in [4.69, 9.17) is 0 Å². The lowest BCUT2D eigenvalue weighted by molar-refractivity contribution is 0.0720. The lowest BCUT2D eigenvalue weighted by Crippen LogP contribution is -2.39. The van der Waals surface area contributed by atoms with Gasteiger partial charge in [0.15, 0.2) is 0 Å². The Hall–Kier alpha value is -1.42. The van der Waals surface area contributed by atoms with E-state index in [1.54, 1.807) is 23.1 Å². The van der Waals surface area contributed by atoms with Crippen molar-refractivity contribution in [2.45, 2.75) is 13.8 Å². The molecule has 0 aliphatic heterocycles. The fourth-order valence-corrected chi connectivity index (χ4v) is 1.84. The molecule has 0 N–H and O–H groups in total. The van der Waals surface area contributed by atoms with Crippen molar-refractivity contribution in [3.8, 4) is 0 Å². The fraction of sp³-hybridized carbons (Fsp3) is 0.533. The molecular weight excluding hydrogens is 243 g/mol. The third-order valence-corrected chi connectivity index (χ3v) is 2.79. The maximum atomic E-state index is 13.7. The second-order valence-corrected chi connectivity index (χ2v) is 5.43. The molecule has 0 aromatic heterocycles. The fourth-order valence-electron chi connectivity index (χ4n) is 1.84. The highest BCUT2D eigenvalue weighted by Gasteiger charge is 2.19. The Morgan fingerprint density at radius 1 is 1.21 bits per heavy atom. The lowest BCUT2D eigenvalue weighted by atomic mass is 10.1. The molecule has 106 valence electrons. The maximum absolute atomic E-state index is 13.7. The molecule has 1 rings (SSSR count). The number of hydrogen-bond acceptors (Lipinski definition) is 2. The van der Waals surface area contributed by atoms with Gasteiger partial charge in [0.1, 0.15) is 5.82 Å². The molecule has 1 aromatic carbocycles. The number of halogens is 1. The Morgan fingerprint density at radius 3 is 2.37 bits per heavy atom. The van der Waals surface area contributed by atoms with Crippen LogP contribution in [0.4, 0.5) is 4.39 Å². The minimum absolute atomic E-state index is 0.155. The first kappa shape index (κ1) is 15.6. The van der Waals surface area contributed by atoms with Crippen LogP contribution in [-0.4, -0.2) is 49.4 Å². The summed E-state index contributed by atoms with van der Waals surface area (Å²) >= 11 is 0. The van der Waals surface area contributed by atoms with Crippen molar-refractivity contribution in [2.75, 3.05) is 33.7 Å². The zero-order chi connectivity index (χ0) is 14.4. The number of likely N-dealkylation sites (N-methyl/N-ethyl adjacent to an activating group) is 1. The van der Waals surface area contributed by atoms with Gasteiger partial charge in [0.2, 0.25) is 0 Å². The van der Waals surface area contributed by atoms with Crippen molar-refractivity contribution in [3.05, 3.63) is 35.6 Å². The number of nitrogens with zero attached hydrogens (tertiary/aromatic N) is 2. The summed E-state index contributed by atoms with van der Waals surface area (Å²) in [5, 5.41) is 0. The Labute approximate surface area is 115 Å². The summed E-state index contributed by atoms with van der Waals surface area (Å²) < 4.78 is 13.7. The van der Waals surface area contributed by atoms with Gasteiger partial charge in [0.05, 0.1) is 5.56 Å². The largest absolute Gasteiger partial charge is 0.337 e. The number of carbonyl (C=O) groups is 1. The molecular formula is C15H23FN2O. The van der Waals surface area contributed by atoms with E-state index in [9.17, 15) is 9.18 Å². The molecule has 0 heterocycles. The van der Waals surface area contributed by atoms with E-state index in [1.807, 2.05) is 19.0 Å². The van der Waals surface area contributed by atoms with E-state index < -0.39 is 5.82 Å². The zero-order valence-corrected chi connectivity index (χ0v) is 12.2. The van der Waals surface area contributed by atoms with Gasteiger partial charge < -0.3 is 9.80 Å². The first-order chi connectivity index (χ1) is 8.91. The highest BCUT2D eigenvalue weighted by Crippen LogP contribution is 2.11. The van der Waals surface area contributed by atoms with Crippen LogP contribution in [0.15, 0.2) is 24.3 Å². The van der Waals surface area contributed by atoms with Crippen LogP contribution in [0.1, 0.15) is 24.2 Å². The molecule has 0 spiro atoms. The van der Waals surface area contributed by atoms with E-state index in [2.05, 4.69) is 13.8 Å². The van der Waals surface area contributed by atoms with E-state index in [-0.39, 0.29) is 11.5 Å². The minimum Gasteiger partial charge on any atom is -0.337 e. The summed E-state index contributed by atoms with van der Waals surface area (Å²) in [5.41, 5.74) is 0.155. The highest BCUT2D eigenvalue weighted by molar-refractivity contribution is 5.94. The Kier molecular flexibility index (Phi) is 5.96. The van der Waals surface area contributed by atoms with E-state index in [1.165, 1.54) is 6.07 Å². The molecule has 3 nitrogen and oxygen atoms in total. The molecule has 1 aromatic rings. The third-order valence-electron chi connectivity index (χ3n) is 2.79. The lowest BCUT2D eigenvalue weighted by Gasteiger charge is -2.26. The summed E-state index contributed by atoms with van der Waals surface area (Å²) in [7, 11) is 3.92. The number of benzene rings is 1. The van der Waals surface area contributed by atoms with Gasteiger partial charge in [-0.3, -0.25) is 4.79 Å². The van der Waals surface area contributed by atoms with Crippen LogP contribution >= 0.6 is 0 Å². The normalized spacial score (nSPS) is 11.1. The van der Waals surface area contributed by atoms with Crippen LogP contribution in [-0.2, 0) is 0 Å². The molecule has 0 saturated carbocycles. The molecule has 0 saturated heterocycles. The predicted molar refractivity (Wildman–Crippen MR) is 75.7 cm³/mol. The highest BCUT2D eigenvalue weighted by atomic mass is 19.1. The molecule has 0 bridgehead atoms. The monoisotopic (exact) mass is 266 g/mol. The van der Waals surface area contributed by atoms with Gasteiger partial charge in [0.25, 0.3) is 5.91 Å². The third kappa shape index (κ3) is 4.99. The molecule has 0 aliphatic rings. The van der Waals surface area contributed by atoms with E-state index >= 15 is 0 Å². The topological polar surface area (TPSA) is 23.6 Å². The van der Waals surface area contributed by atoms with Gasteiger partial charge in [-0.05, 0) is 32.1 Å². The average molecular weight is 266 g/mol. The van der Waals surface area contributed by atoms with Gasteiger partial charge in [0, 0.05) is 19.6 Å². The van der Waals surface area contributed by atoms with Crippen LogP contribution < -0.4 is 0 Å². The van der Waals surface area contributed by atoms with Crippen LogP contribution in [0, 0.1) is 11.7 Å². The van der Waals surface area contributed by atoms with Crippen LogP contribution in [0.5, 0.6) is 0 Å². The minimum atomic E-state index is -0.453. The number of amides is 1. The molecule has 0 aliphatic carbocycles. The number of carbonyl (C=O) groups excluding carboxylic acids is 1. The van der Waals surface area contributed by atoms with Gasteiger partial charge in [-0.2, -0.15) is 0 Å². The quantitative estimate of drug-likeness (QED) is 0.790. The van der Waals surface area contributed by atoms with Gasteiger partial charge in [-0.25, -0.2) is 4.39 Å². The summed E-state index contributed by atoms with van der Waals surface area (Å²) in [6, 6.07) is 6.15. The summed E-state index contributed by atoms with van der Waals surface area (Å²) in [6.07, 6.45) is 0. The van der Waals surface area contributed by atoms with E-state index in [0.717, 1.165) is 6.54 Å². The first-order valence-corrected chi connectivity index (χ1v) is 6.60. The van der Waals surface area contributed by atoms with Crippen molar-refractivity contribution in [2.24, 2.45) is 5.92 Å². The molecule has 0 unspecified atom stereocenters. The van der Waals surface area contributed by atoms with Crippen LogP contribution in [0.25, 0.3) is 0 Å². The van der Waals surface area contributed by atoms with Gasteiger partial charge >= 0.3 is 0 Å². The van der Waals surface area contributed by atoms with Gasteiger partial charge in [-0.1, -0.05) is 26.0 Å². The average Bonchev–Trinajstić information content (AvgIpc) is 2.33. The number of rotatable bonds is 6. The second kappa shape index (κ2) is 7.24. The van der Waals surface area contributed by atoms with Crippen molar-refractivity contribution in [1.29, 1.82) is 0 Å². The Balaban J connectivity index is 2.84. The van der Waals surface area contributed by atoms with Crippen LogP contribution in [0.2, 0.25) is 0 Å². The predicted octanol–water partition coefficient (Wildman–Crippen LogP) is 2.49. The van der Waals surface area contributed by atoms with Crippen molar-refractivity contribution >= 4 is 5.91 Å².